The third-order valence-corrected chi connectivity index (χ3v) is 5.58. The minimum absolute atomic E-state index is 0.129. The second-order valence-electron chi connectivity index (χ2n) is 7.35. The Kier molecular flexibility index (Phi) is 8.52. The van der Waals surface area contributed by atoms with Crippen molar-refractivity contribution in [2.45, 2.75) is 82.8 Å². The van der Waals surface area contributed by atoms with Crippen molar-refractivity contribution in [3.05, 3.63) is 0 Å². The molecule has 25 heavy (non-hydrogen) atoms. The summed E-state index contributed by atoms with van der Waals surface area (Å²) in [5, 5.41) is 10.3. The van der Waals surface area contributed by atoms with Crippen LogP contribution in [0.5, 0.6) is 0 Å². The first-order valence-corrected chi connectivity index (χ1v) is 9.80. The minimum atomic E-state index is -0.296. The molecule has 0 radical (unpaired) electrons. The van der Waals surface area contributed by atoms with E-state index in [0.29, 0.717) is 31.9 Å². The highest BCUT2D eigenvalue weighted by Crippen LogP contribution is 2.29. The predicted molar refractivity (Wildman–Crippen MR) is 94.1 cm³/mol. The molecule has 0 spiro atoms. The lowest BCUT2D eigenvalue weighted by molar-refractivity contribution is -0.140. The van der Waals surface area contributed by atoms with Gasteiger partial charge >= 0.3 is 12.1 Å². The highest BCUT2D eigenvalue weighted by molar-refractivity contribution is 5.70. The number of nitrogens with zero attached hydrogens (tertiary/aromatic N) is 1. The lowest BCUT2D eigenvalue weighted by Gasteiger charge is -2.24. The van der Waals surface area contributed by atoms with Crippen molar-refractivity contribution in [3.8, 4) is 0 Å². The van der Waals surface area contributed by atoms with Crippen molar-refractivity contribution in [2.24, 2.45) is 5.92 Å². The number of methoxy groups -OCH3 is 1. The summed E-state index contributed by atoms with van der Waals surface area (Å²) >= 11 is 0. The predicted octanol–water partition coefficient (Wildman–Crippen LogP) is 3.26. The number of ether oxygens (including phenoxy) is 2. The highest BCUT2D eigenvalue weighted by Gasteiger charge is 2.33. The molecule has 1 saturated carbocycles. The molecule has 2 aliphatic rings. The van der Waals surface area contributed by atoms with Crippen LogP contribution in [-0.2, 0) is 14.3 Å². The van der Waals surface area contributed by atoms with Crippen molar-refractivity contribution >= 4 is 12.1 Å². The summed E-state index contributed by atoms with van der Waals surface area (Å²) in [4.78, 5) is 24.8. The molecule has 1 heterocycles. The summed E-state index contributed by atoms with van der Waals surface area (Å²) in [6, 6.07) is 0.129. The van der Waals surface area contributed by atoms with Crippen LogP contribution in [0.25, 0.3) is 0 Å². The number of esters is 1. The van der Waals surface area contributed by atoms with E-state index < -0.39 is 0 Å². The Hall–Kier alpha value is -1.30. The molecule has 6 nitrogen and oxygen atoms in total. The van der Waals surface area contributed by atoms with Crippen LogP contribution in [0.4, 0.5) is 4.79 Å². The van der Waals surface area contributed by atoms with Gasteiger partial charge in [-0.25, -0.2) is 4.79 Å². The van der Waals surface area contributed by atoms with Crippen molar-refractivity contribution in [2.75, 3.05) is 20.3 Å². The van der Waals surface area contributed by atoms with Crippen molar-refractivity contribution in [1.29, 1.82) is 0 Å². The number of hydrogen-bond donors (Lipinski definition) is 1. The van der Waals surface area contributed by atoms with E-state index in [1.54, 1.807) is 4.90 Å². The summed E-state index contributed by atoms with van der Waals surface area (Å²) in [7, 11) is 1.41. The number of rotatable bonds is 11. The fourth-order valence-corrected chi connectivity index (χ4v) is 3.96. The summed E-state index contributed by atoms with van der Waals surface area (Å²) in [6.45, 7) is 1.05. The van der Waals surface area contributed by atoms with Gasteiger partial charge in [-0.15, -0.1) is 0 Å². The van der Waals surface area contributed by atoms with E-state index >= 15 is 0 Å². The molecule has 1 aliphatic heterocycles. The number of hydrogen-bond acceptors (Lipinski definition) is 5. The maximum Gasteiger partial charge on any atom is 0.410 e. The first-order chi connectivity index (χ1) is 12.1. The fourth-order valence-electron chi connectivity index (χ4n) is 3.96. The minimum Gasteiger partial charge on any atom is -0.469 e. The van der Waals surface area contributed by atoms with Gasteiger partial charge in [-0.1, -0.05) is 32.1 Å². The molecule has 1 amide bonds. The average Bonchev–Trinajstić information content (AvgIpc) is 3.26. The molecule has 2 atom stereocenters. The molecule has 2 fully saturated rings. The molecule has 0 aromatic heterocycles. The molecule has 1 saturated heterocycles. The van der Waals surface area contributed by atoms with Crippen LogP contribution in [0.3, 0.4) is 0 Å². The van der Waals surface area contributed by atoms with Crippen LogP contribution in [-0.4, -0.2) is 54.5 Å². The lowest BCUT2D eigenvalue weighted by Crippen LogP contribution is -2.36. The maximum absolute atomic E-state index is 11.9. The van der Waals surface area contributed by atoms with Gasteiger partial charge < -0.3 is 19.5 Å². The summed E-state index contributed by atoms with van der Waals surface area (Å²) in [6.07, 6.45) is 10.1. The highest BCUT2D eigenvalue weighted by atomic mass is 16.6. The number of amides is 1. The Bertz CT molecular complexity index is 422. The number of aliphatic hydroxyl groups is 1. The SMILES string of the molecule is COC(=O)CCCCCCC1COC(=O)N1CCC(O)C1CCCC1. The molecule has 1 N–H and O–H groups in total. The second-order valence-corrected chi connectivity index (χ2v) is 7.35. The molecule has 1 aliphatic carbocycles. The van der Waals surface area contributed by atoms with Crippen LogP contribution in [0, 0.1) is 5.92 Å². The van der Waals surface area contributed by atoms with Gasteiger partial charge in [0.15, 0.2) is 0 Å². The van der Waals surface area contributed by atoms with Gasteiger partial charge in [0.25, 0.3) is 0 Å². The monoisotopic (exact) mass is 355 g/mol. The molecular formula is C19H33NO5. The summed E-state index contributed by atoms with van der Waals surface area (Å²) in [5.41, 5.74) is 0. The number of cyclic esters (lactones) is 1. The second kappa shape index (κ2) is 10.6. The first kappa shape index (κ1) is 20.0. The van der Waals surface area contributed by atoms with Gasteiger partial charge in [0.2, 0.25) is 0 Å². The van der Waals surface area contributed by atoms with Crippen LogP contribution in [0.2, 0.25) is 0 Å². The topological polar surface area (TPSA) is 76.1 Å². The molecule has 6 heteroatoms. The molecular weight excluding hydrogens is 322 g/mol. The van der Waals surface area contributed by atoms with Gasteiger partial charge in [-0.05, 0) is 38.0 Å². The lowest BCUT2D eigenvalue weighted by atomic mass is 9.98. The van der Waals surface area contributed by atoms with Gasteiger partial charge in [0.1, 0.15) is 6.61 Å². The molecule has 0 bridgehead atoms. The van der Waals surface area contributed by atoms with E-state index in [2.05, 4.69) is 4.74 Å². The summed E-state index contributed by atoms with van der Waals surface area (Å²) in [5.74, 6) is 0.258. The van der Waals surface area contributed by atoms with Crippen LogP contribution >= 0.6 is 0 Å². The van der Waals surface area contributed by atoms with E-state index in [-0.39, 0.29) is 24.2 Å². The quantitative estimate of drug-likeness (QED) is 0.455. The normalized spacial score (nSPS) is 22.2. The van der Waals surface area contributed by atoms with E-state index in [1.165, 1.54) is 20.0 Å². The molecule has 2 rings (SSSR count). The largest absolute Gasteiger partial charge is 0.469 e. The molecule has 0 aromatic rings. The zero-order valence-electron chi connectivity index (χ0n) is 15.5. The van der Waals surface area contributed by atoms with E-state index in [4.69, 9.17) is 4.74 Å². The van der Waals surface area contributed by atoms with Crippen molar-refractivity contribution in [3.63, 3.8) is 0 Å². The van der Waals surface area contributed by atoms with Gasteiger partial charge in [-0.2, -0.15) is 0 Å². The van der Waals surface area contributed by atoms with E-state index in [1.807, 2.05) is 0 Å². The standard InChI is InChI=1S/C19H33NO5/c1-24-18(22)11-5-3-2-4-10-16-14-25-19(23)20(16)13-12-17(21)15-8-6-7-9-15/h15-17,21H,2-14H2,1H3. The van der Waals surface area contributed by atoms with Crippen LogP contribution in [0.15, 0.2) is 0 Å². The molecule has 0 aromatic carbocycles. The maximum atomic E-state index is 11.9. The third kappa shape index (κ3) is 6.49. The summed E-state index contributed by atoms with van der Waals surface area (Å²) < 4.78 is 9.83. The average molecular weight is 355 g/mol. The Labute approximate surface area is 150 Å². The molecule has 144 valence electrons. The Morgan fingerprint density at radius 2 is 2.00 bits per heavy atom. The molecule has 2 unspecified atom stereocenters. The Morgan fingerprint density at radius 1 is 1.28 bits per heavy atom. The number of unbranched alkanes of at least 4 members (excludes halogenated alkanes) is 3. The van der Waals surface area contributed by atoms with Gasteiger partial charge in [0.05, 0.1) is 19.3 Å². The van der Waals surface area contributed by atoms with Gasteiger partial charge in [-0.3, -0.25) is 4.79 Å². The van der Waals surface area contributed by atoms with Crippen LogP contribution < -0.4 is 0 Å². The Balaban J connectivity index is 1.62. The Morgan fingerprint density at radius 3 is 2.72 bits per heavy atom. The number of carbonyl (C=O) groups excluding carboxylic acids is 2. The number of aliphatic hydroxyl groups excluding tert-OH is 1. The van der Waals surface area contributed by atoms with E-state index in [0.717, 1.165) is 44.9 Å². The van der Waals surface area contributed by atoms with Crippen LogP contribution in [0.1, 0.15) is 70.6 Å². The van der Waals surface area contributed by atoms with Gasteiger partial charge in [0, 0.05) is 13.0 Å². The first-order valence-electron chi connectivity index (χ1n) is 9.80. The smallest absolute Gasteiger partial charge is 0.410 e. The zero-order chi connectivity index (χ0) is 18.1. The van der Waals surface area contributed by atoms with Crippen molar-refractivity contribution in [1.82, 2.24) is 4.90 Å². The zero-order valence-corrected chi connectivity index (χ0v) is 15.5. The van der Waals surface area contributed by atoms with E-state index in [9.17, 15) is 14.7 Å². The van der Waals surface area contributed by atoms with Crippen molar-refractivity contribution < 1.29 is 24.2 Å². The number of carbonyl (C=O) groups is 2. The fraction of sp³-hybridized carbons (Fsp3) is 0.895. The third-order valence-electron chi connectivity index (χ3n) is 5.58.